The third-order valence-corrected chi connectivity index (χ3v) is 2.10. The van der Waals surface area contributed by atoms with Gasteiger partial charge in [-0.05, 0) is 20.8 Å². The second-order valence-corrected chi connectivity index (χ2v) is 4.34. The van der Waals surface area contributed by atoms with E-state index in [9.17, 15) is 4.21 Å². The van der Waals surface area contributed by atoms with Gasteiger partial charge < -0.3 is 0 Å². The normalized spacial score (nSPS) is 12.9. The second-order valence-electron chi connectivity index (χ2n) is 2.98. The van der Waals surface area contributed by atoms with Gasteiger partial charge in [0.1, 0.15) is 0 Å². The summed E-state index contributed by atoms with van der Waals surface area (Å²) in [6.45, 7) is 9.57. The van der Waals surface area contributed by atoms with Crippen molar-refractivity contribution in [2.45, 2.75) is 20.8 Å². The molecule has 0 aliphatic rings. The highest BCUT2D eigenvalue weighted by atomic mass is 32.2. The van der Waals surface area contributed by atoms with Gasteiger partial charge in [0.05, 0.1) is 0 Å². The fourth-order valence-corrected chi connectivity index (χ4v) is 1.49. The molecule has 68 valence electrons. The van der Waals surface area contributed by atoms with E-state index in [0.29, 0.717) is 5.75 Å². The van der Waals surface area contributed by atoms with E-state index in [2.05, 4.69) is 6.58 Å². The maximum atomic E-state index is 11.2. The van der Waals surface area contributed by atoms with Crippen molar-refractivity contribution in [3.8, 4) is 0 Å². The molecule has 0 aromatic rings. The lowest BCUT2D eigenvalue weighted by Crippen LogP contribution is -1.89. The van der Waals surface area contributed by atoms with Crippen molar-refractivity contribution >= 4 is 10.8 Å². The van der Waals surface area contributed by atoms with E-state index in [4.69, 9.17) is 0 Å². The van der Waals surface area contributed by atoms with Gasteiger partial charge in [-0.2, -0.15) is 0 Å². The maximum absolute atomic E-state index is 11.2. The van der Waals surface area contributed by atoms with Gasteiger partial charge in [-0.25, -0.2) is 0 Å². The molecule has 0 aliphatic carbocycles. The third-order valence-electron chi connectivity index (χ3n) is 1.16. The van der Waals surface area contributed by atoms with Crippen LogP contribution in [0, 0.1) is 0 Å². The number of hydrogen-bond acceptors (Lipinski definition) is 1. The molecule has 0 bridgehead atoms. The van der Waals surface area contributed by atoms with Gasteiger partial charge in [0.15, 0.2) is 0 Å². The molecule has 0 N–H and O–H groups in total. The first-order valence-corrected chi connectivity index (χ1v) is 5.25. The van der Waals surface area contributed by atoms with Crippen molar-refractivity contribution in [2.24, 2.45) is 0 Å². The SMILES string of the molecule is C=C(C)/C=C\[S@](=O)CC=C(C)C. The molecular weight excluding hydrogens is 168 g/mol. The van der Waals surface area contributed by atoms with Crippen LogP contribution in [0.25, 0.3) is 0 Å². The molecule has 0 fully saturated rings. The number of allylic oxidation sites excluding steroid dienone is 3. The highest BCUT2D eigenvalue weighted by Gasteiger charge is 1.89. The lowest BCUT2D eigenvalue weighted by Gasteiger charge is -1.91. The molecule has 12 heavy (non-hydrogen) atoms. The zero-order valence-electron chi connectivity index (χ0n) is 7.96. The fourth-order valence-electron chi connectivity index (χ4n) is 0.496. The Morgan fingerprint density at radius 1 is 1.42 bits per heavy atom. The average Bonchev–Trinajstić information content (AvgIpc) is 1.96. The highest BCUT2D eigenvalue weighted by Crippen LogP contribution is 1.95. The summed E-state index contributed by atoms with van der Waals surface area (Å²) < 4.78 is 11.2. The molecule has 0 aromatic heterocycles. The molecule has 0 radical (unpaired) electrons. The van der Waals surface area contributed by atoms with Crippen molar-refractivity contribution in [3.63, 3.8) is 0 Å². The molecular formula is C10H16OS. The molecule has 0 unspecified atom stereocenters. The van der Waals surface area contributed by atoms with Gasteiger partial charge in [-0.15, -0.1) is 0 Å². The predicted molar refractivity (Wildman–Crippen MR) is 56.4 cm³/mol. The van der Waals surface area contributed by atoms with E-state index in [1.165, 1.54) is 5.57 Å². The molecule has 0 saturated heterocycles. The van der Waals surface area contributed by atoms with Gasteiger partial charge in [0, 0.05) is 22.0 Å². The predicted octanol–water partition coefficient (Wildman–Crippen LogP) is 2.79. The second kappa shape index (κ2) is 5.95. The van der Waals surface area contributed by atoms with Gasteiger partial charge in [-0.3, -0.25) is 4.21 Å². The lowest BCUT2D eigenvalue weighted by atomic mass is 10.3. The molecule has 2 heteroatoms. The Morgan fingerprint density at radius 2 is 2.00 bits per heavy atom. The van der Waals surface area contributed by atoms with Crippen LogP contribution in [0.3, 0.4) is 0 Å². The van der Waals surface area contributed by atoms with Crippen molar-refractivity contribution in [2.75, 3.05) is 5.75 Å². The van der Waals surface area contributed by atoms with Crippen LogP contribution < -0.4 is 0 Å². The third kappa shape index (κ3) is 7.48. The Bertz CT molecular complexity index is 232. The summed E-state index contributed by atoms with van der Waals surface area (Å²) in [5, 5.41) is 1.68. The van der Waals surface area contributed by atoms with Crippen LogP contribution >= 0.6 is 0 Å². The van der Waals surface area contributed by atoms with Crippen molar-refractivity contribution in [1.82, 2.24) is 0 Å². The van der Waals surface area contributed by atoms with Crippen molar-refractivity contribution in [3.05, 3.63) is 35.3 Å². The highest BCUT2D eigenvalue weighted by molar-refractivity contribution is 7.88. The fraction of sp³-hybridized carbons (Fsp3) is 0.400. The summed E-state index contributed by atoms with van der Waals surface area (Å²) in [5.74, 6) is 0.603. The van der Waals surface area contributed by atoms with Crippen LogP contribution in [0.2, 0.25) is 0 Å². The first kappa shape index (κ1) is 11.4. The molecule has 0 spiro atoms. The quantitative estimate of drug-likeness (QED) is 0.485. The summed E-state index contributed by atoms with van der Waals surface area (Å²) >= 11 is 0. The standard InChI is InChI=1S/C10H16OS/c1-9(2)5-7-12(11)8-6-10(3)4/h5-7H,1,8H2,2-4H3/b7-5-/t12-/m0/s1. The van der Waals surface area contributed by atoms with E-state index in [1.807, 2.05) is 26.8 Å². The Balaban J connectivity index is 3.91. The molecule has 0 amide bonds. The Kier molecular flexibility index (Phi) is 5.64. The van der Waals surface area contributed by atoms with Crippen LogP contribution in [0.15, 0.2) is 35.3 Å². The van der Waals surface area contributed by atoms with Gasteiger partial charge in [0.2, 0.25) is 0 Å². The van der Waals surface area contributed by atoms with E-state index < -0.39 is 10.8 Å². The van der Waals surface area contributed by atoms with E-state index >= 15 is 0 Å². The first-order valence-electron chi connectivity index (χ1n) is 3.86. The Labute approximate surface area is 77.3 Å². The molecule has 1 atom stereocenters. The topological polar surface area (TPSA) is 17.1 Å². The van der Waals surface area contributed by atoms with Gasteiger partial charge in [0.25, 0.3) is 0 Å². The average molecular weight is 184 g/mol. The molecule has 0 heterocycles. The van der Waals surface area contributed by atoms with Gasteiger partial charge in [-0.1, -0.05) is 29.9 Å². The monoisotopic (exact) mass is 184 g/mol. The van der Waals surface area contributed by atoms with Crippen molar-refractivity contribution < 1.29 is 4.21 Å². The Morgan fingerprint density at radius 3 is 2.42 bits per heavy atom. The smallest absolute Gasteiger partial charge is 0.0494 e. The molecule has 1 nitrogen and oxygen atoms in total. The van der Waals surface area contributed by atoms with E-state index in [-0.39, 0.29) is 0 Å². The molecule has 0 aromatic carbocycles. The zero-order valence-corrected chi connectivity index (χ0v) is 8.78. The minimum Gasteiger partial charge on any atom is -0.255 e. The summed E-state index contributed by atoms with van der Waals surface area (Å²) in [7, 11) is -0.879. The van der Waals surface area contributed by atoms with Crippen LogP contribution in [-0.4, -0.2) is 9.96 Å². The van der Waals surface area contributed by atoms with Crippen molar-refractivity contribution in [1.29, 1.82) is 0 Å². The maximum Gasteiger partial charge on any atom is 0.0494 e. The van der Waals surface area contributed by atoms with Crippen LogP contribution in [0.4, 0.5) is 0 Å². The lowest BCUT2D eigenvalue weighted by molar-refractivity contribution is 0.690. The van der Waals surface area contributed by atoms with Crippen LogP contribution in [-0.2, 0) is 10.8 Å². The van der Waals surface area contributed by atoms with E-state index in [0.717, 1.165) is 5.57 Å². The molecule has 0 rings (SSSR count). The molecule has 0 aliphatic heterocycles. The summed E-state index contributed by atoms with van der Waals surface area (Å²) in [5.41, 5.74) is 2.13. The Hall–Kier alpha value is -0.630. The number of hydrogen-bond donors (Lipinski definition) is 0. The largest absolute Gasteiger partial charge is 0.255 e. The molecule has 0 saturated carbocycles. The number of rotatable bonds is 4. The summed E-state index contributed by atoms with van der Waals surface area (Å²) in [4.78, 5) is 0. The van der Waals surface area contributed by atoms with E-state index in [1.54, 1.807) is 11.5 Å². The first-order chi connectivity index (χ1) is 5.52. The minimum absolute atomic E-state index is 0.603. The minimum atomic E-state index is -0.879. The zero-order chi connectivity index (χ0) is 9.56. The summed E-state index contributed by atoms with van der Waals surface area (Å²) in [6, 6.07) is 0. The summed E-state index contributed by atoms with van der Waals surface area (Å²) in [6.07, 6.45) is 3.76. The van der Waals surface area contributed by atoms with Crippen LogP contribution in [0.5, 0.6) is 0 Å². The van der Waals surface area contributed by atoms with Crippen LogP contribution in [0.1, 0.15) is 20.8 Å². The van der Waals surface area contributed by atoms with Gasteiger partial charge >= 0.3 is 0 Å².